The van der Waals surface area contributed by atoms with Crippen LogP contribution in [0.2, 0.25) is 0 Å². The number of fused-ring (bicyclic) bond motifs is 1. The molecule has 0 aromatic heterocycles. The summed E-state index contributed by atoms with van der Waals surface area (Å²) in [6, 6.07) is 13.7. The van der Waals surface area contributed by atoms with Crippen LogP contribution in [0.4, 0.5) is 0 Å². The third-order valence-corrected chi connectivity index (χ3v) is 3.97. The maximum Gasteiger partial charge on any atom is 0.132 e. The minimum Gasteiger partial charge on any atom is -0.490 e. The summed E-state index contributed by atoms with van der Waals surface area (Å²) in [6.45, 7) is 3.40. The van der Waals surface area contributed by atoms with Gasteiger partial charge >= 0.3 is 0 Å². The fourth-order valence-corrected chi connectivity index (χ4v) is 2.68. The molecule has 1 aliphatic carbocycles. The number of benzene rings is 2. The van der Waals surface area contributed by atoms with Gasteiger partial charge in [-0.1, -0.05) is 36.4 Å². The van der Waals surface area contributed by atoms with E-state index in [0.717, 1.165) is 5.75 Å². The van der Waals surface area contributed by atoms with Gasteiger partial charge in [-0.25, -0.2) is 0 Å². The molecule has 3 heteroatoms. The molecule has 2 aromatic carbocycles. The molecule has 1 atom stereocenters. The van der Waals surface area contributed by atoms with E-state index < -0.39 is 0 Å². The van der Waals surface area contributed by atoms with E-state index in [1.54, 1.807) is 7.11 Å². The first kappa shape index (κ1) is 14.4. The van der Waals surface area contributed by atoms with Gasteiger partial charge in [0.05, 0.1) is 6.61 Å². The Morgan fingerprint density at radius 2 is 1.95 bits per heavy atom. The topological polar surface area (TPSA) is 30.5 Å². The molecular weight excluding hydrogens is 262 g/mol. The molecule has 1 aliphatic rings. The molecule has 1 N–H and O–H groups in total. The predicted octanol–water partition coefficient (Wildman–Crippen LogP) is 3.68. The number of nitrogens with one attached hydrogen (secondary N) is 1. The van der Waals surface area contributed by atoms with Crippen LogP contribution in [0.15, 0.2) is 36.4 Å². The van der Waals surface area contributed by atoms with Crippen LogP contribution in [0.25, 0.3) is 10.8 Å². The molecule has 0 radical (unpaired) electrons. The normalized spacial score (nSPS) is 16.1. The van der Waals surface area contributed by atoms with Gasteiger partial charge in [-0.3, -0.25) is 0 Å². The minimum absolute atomic E-state index is 0.305. The van der Waals surface area contributed by atoms with E-state index in [2.05, 4.69) is 48.6 Å². The standard InChI is InChI=1S/C18H23NO2/c1-13(19-15-8-9-15)16-10-7-14-5-3-4-6-17(14)18(16)21-12-11-20-2/h3-7,10,13,15,19H,8-9,11-12H2,1-2H3. The quantitative estimate of drug-likeness (QED) is 0.787. The number of ether oxygens (including phenoxy) is 2. The van der Waals surface area contributed by atoms with E-state index in [-0.39, 0.29) is 0 Å². The van der Waals surface area contributed by atoms with Gasteiger partial charge in [0.1, 0.15) is 12.4 Å². The van der Waals surface area contributed by atoms with Crippen LogP contribution in [-0.2, 0) is 4.74 Å². The average Bonchev–Trinajstić information content (AvgIpc) is 3.31. The number of rotatable bonds is 7. The summed E-state index contributed by atoms with van der Waals surface area (Å²) in [7, 11) is 1.70. The highest BCUT2D eigenvalue weighted by Crippen LogP contribution is 2.35. The maximum atomic E-state index is 6.05. The molecule has 0 saturated heterocycles. The minimum atomic E-state index is 0.305. The van der Waals surface area contributed by atoms with Crippen LogP contribution in [0, 0.1) is 0 Å². The summed E-state index contributed by atoms with van der Waals surface area (Å²) in [5.41, 5.74) is 1.23. The fourth-order valence-electron chi connectivity index (χ4n) is 2.68. The summed E-state index contributed by atoms with van der Waals surface area (Å²) >= 11 is 0. The lowest BCUT2D eigenvalue weighted by atomic mass is 10.0. The molecule has 0 heterocycles. The van der Waals surface area contributed by atoms with Crippen molar-refractivity contribution in [2.45, 2.75) is 31.8 Å². The maximum absolute atomic E-state index is 6.05. The zero-order chi connectivity index (χ0) is 14.7. The van der Waals surface area contributed by atoms with Gasteiger partial charge in [0.2, 0.25) is 0 Å². The Morgan fingerprint density at radius 1 is 1.14 bits per heavy atom. The van der Waals surface area contributed by atoms with E-state index in [9.17, 15) is 0 Å². The molecule has 0 aliphatic heterocycles. The molecular formula is C18H23NO2. The van der Waals surface area contributed by atoms with Gasteiger partial charge in [0.15, 0.2) is 0 Å². The molecule has 0 amide bonds. The highest BCUT2D eigenvalue weighted by molar-refractivity contribution is 5.89. The molecule has 1 saturated carbocycles. The Balaban J connectivity index is 1.93. The van der Waals surface area contributed by atoms with Crippen molar-refractivity contribution in [2.24, 2.45) is 0 Å². The SMILES string of the molecule is COCCOc1c(C(C)NC2CC2)ccc2ccccc12. The smallest absolute Gasteiger partial charge is 0.132 e. The molecule has 0 spiro atoms. The molecule has 3 nitrogen and oxygen atoms in total. The zero-order valence-corrected chi connectivity index (χ0v) is 12.8. The largest absolute Gasteiger partial charge is 0.490 e. The summed E-state index contributed by atoms with van der Waals surface area (Å²) in [5.74, 6) is 0.991. The van der Waals surface area contributed by atoms with Crippen LogP contribution in [0.5, 0.6) is 5.75 Å². The number of hydrogen-bond donors (Lipinski definition) is 1. The van der Waals surface area contributed by atoms with Gasteiger partial charge in [-0.05, 0) is 25.2 Å². The van der Waals surface area contributed by atoms with Crippen molar-refractivity contribution in [3.63, 3.8) is 0 Å². The Bertz CT molecular complexity index is 607. The molecule has 1 fully saturated rings. The highest BCUT2D eigenvalue weighted by Gasteiger charge is 2.25. The summed E-state index contributed by atoms with van der Waals surface area (Å²) in [5, 5.41) is 6.05. The number of methoxy groups -OCH3 is 1. The fraction of sp³-hybridized carbons (Fsp3) is 0.444. The summed E-state index contributed by atoms with van der Waals surface area (Å²) in [4.78, 5) is 0. The Kier molecular flexibility index (Phi) is 4.42. The Morgan fingerprint density at radius 3 is 2.71 bits per heavy atom. The zero-order valence-electron chi connectivity index (χ0n) is 12.8. The van der Waals surface area contributed by atoms with Crippen molar-refractivity contribution in [1.82, 2.24) is 5.32 Å². The van der Waals surface area contributed by atoms with Crippen molar-refractivity contribution < 1.29 is 9.47 Å². The van der Waals surface area contributed by atoms with E-state index in [1.807, 2.05) is 0 Å². The van der Waals surface area contributed by atoms with E-state index >= 15 is 0 Å². The first-order valence-electron chi connectivity index (χ1n) is 7.69. The lowest BCUT2D eigenvalue weighted by Gasteiger charge is -2.20. The van der Waals surface area contributed by atoms with Crippen molar-refractivity contribution >= 4 is 10.8 Å². The molecule has 1 unspecified atom stereocenters. The van der Waals surface area contributed by atoms with Crippen molar-refractivity contribution in [1.29, 1.82) is 0 Å². The molecule has 0 bridgehead atoms. The van der Waals surface area contributed by atoms with Gasteiger partial charge in [0, 0.05) is 30.1 Å². The van der Waals surface area contributed by atoms with Gasteiger partial charge in [-0.15, -0.1) is 0 Å². The van der Waals surface area contributed by atoms with Crippen molar-refractivity contribution in [2.75, 3.05) is 20.3 Å². The van der Waals surface area contributed by atoms with Crippen LogP contribution in [0.1, 0.15) is 31.4 Å². The third kappa shape index (κ3) is 3.36. The lowest BCUT2D eigenvalue weighted by molar-refractivity contribution is 0.146. The van der Waals surface area contributed by atoms with Gasteiger partial charge < -0.3 is 14.8 Å². The number of hydrogen-bond acceptors (Lipinski definition) is 3. The summed E-state index contributed by atoms with van der Waals surface area (Å²) in [6.07, 6.45) is 2.58. The highest BCUT2D eigenvalue weighted by atomic mass is 16.5. The van der Waals surface area contributed by atoms with Gasteiger partial charge in [0.25, 0.3) is 0 Å². The second-order valence-electron chi connectivity index (χ2n) is 5.71. The van der Waals surface area contributed by atoms with E-state index in [4.69, 9.17) is 9.47 Å². The second-order valence-corrected chi connectivity index (χ2v) is 5.71. The second kappa shape index (κ2) is 6.46. The van der Waals surface area contributed by atoms with E-state index in [0.29, 0.717) is 25.3 Å². The average molecular weight is 285 g/mol. The first-order valence-corrected chi connectivity index (χ1v) is 7.69. The lowest BCUT2D eigenvalue weighted by Crippen LogP contribution is -2.21. The van der Waals surface area contributed by atoms with Gasteiger partial charge in [-0.2, -0.15) is 0 Å². The first-order chi connectivity index (χ1) is 10.3. The van der Waals surface area contributed by atoms with Crippen molar-refractivity contribution in [3.8, 4) is 5.75 Å². The molecule has 3 rings (SSSR count). The van der Waals surface area contributed by atoms with Crippen LogP contribution in [-0.4, -0.2) is 26.4 Å². The third-order valence-electron chi connectivity index (χ3n) is 3.97. The Hall–Kier alpha value is -1.58. The van der Waals surface area contributed by atoms with Crippen molar-refractivity contribution in [3.05, 3.63) is 42.0 Å². The monoisotopic (exact) mass is 285 g/mol. The Labute approximate surface area is 126 Å². The predicted molar refractivity (Wildman–Crippen MR) is 85.9 cm³/mol. The van der Waals surface area contributed by atoms with Crippen LogP contribution < -0.4 is 10.1 Å². The van der Waals surface area contributed by atoms with Crippen LogP contribution in [0.3, 0.4) is 0 Å². The molecule has 21 heavy (non-hydrogen) atoms. The van der Waals surface area contributed by atoms with E-state index in [1.165, 1.54) is 29.2 Å². The molecule has 2 aromatic rings. The van der Waals surface area contributed by atoms with Crippen LogP contribution >= 0.6 is 0 Å². The summed E-state index contributed by atoms with van der Waals surface area (Å²) < 4.78 is 11.2. The molecule has 112 valence electrons.